The number of carbonyl (C=O) groups is 1. The third-order valence-electron chi connectivity index (χ3n) is 2.58. The van der Waals surface area contributed by atoms with Gasteiger partial charge in [-0.1, -0.05) is 6.42 Å². The molecule has 0 amide bonds. The van der Waals surface area contributed by atoms with E-state index in [1.165, 1.54) is 14.2 Å². The predicted molar refractivity (Wildman–Crippen MR) is 78.4 cm³/mol. The van der Waals surface area contributed by atoms with E-state index in [0.717, 1.165) is 29.3 Å². The molecule has 0 atom stereocenters. The van der Waals surface area contributed by atoms with E-state index in [-0.39, 0.29) is 13.0 Å². The highest BCUT2D eigenvalue weighted by Gasteiger charge is 2.17. The molecule has 0 aliphatic carbocycles. The van der Waals surface area contributed by atoms with Gasteiger partial charge in [-0.2, -0.15) is 24.5 Å². The molecule has 0 aliphatic rings. The van der Waals surface area contributed by atoms with Gasteiger partial charge in [0, 0.05) is 20.1 Å². The minimum absolute atomic E-state index is 0.0572. The van der Waals surface area contributed by atoms with Crippen LogP contribution in [0.1, 0.15) is 25.7 Å². The SMILES string of the molecule is COC(=O)CCN(C)S(=O)(=O)NCCCCCSC. The van der Waals surface area contributed by atoms with Gasteiger partial charge in [-0.3, -0.25) is 4.79 Å². The fourth-order valence-electron chi connectivity index (χ4n) is 1.33. The molecule has 0 unspecified atom stereocenters. The highest BCUT2D eigenvalue weighted by molar-refractivity contribution is 7.98. The Morgan fingerprint density at radius 2 is 2.00 bits per heavy atom. The van der Waals surface area contributed by atoms with Gasteiger partial charge in [-0.25, -0.2) is 4.72 Å². The highest BCUT2D eigenvalue weighted by atomic mass is 32.2. The fraction of sp³-hybridized carbons (Fsp3) is 0.909. The molecule has 0 aromatic rings. The molecular weight excluding hydrogens is 288 g/mol. The van der Waals surface area contributed by atoms with Crippen molar-refractivity contribution in [1.82, 2.24) is 9.03 Å². The number of carbonyl (C=O) groups excluding carboxylic acids is 1. The van der Waals surface area contributed by atoms with E-state index in [0.29, 0.717) is 6.54 Å². The van der Waals surface area contributed by atoms with Crippen LogP contribution in [0.2, 0.25) is 0 Å². The Morgan fingerprint density at radius 1 is 1.32 bits per heavy atom. The van der Waals surface area contributed by atoms with Crippen LogP contribution in [0.4, 0.5) is 0 Å². The highest BCUT2D eigenvalue weighted by Crippen LogP contribution is 2.02. The van der Waals surface area contributed by atoms with Gasteiger partial charge in [-0.05, 0) is 24.9 Å². The molecule has 6 nitrogen and oxygen atoms in total. The molecule has 1 N–H and O–H groups in total. The lowest BCUT2D eigenvalue weighted by atomic mass is 10.2. The van der Waals surface area contributed by atoms with Crippen LogP contribution in [0, 0.1) is 0 Å². The average Bonchev–Trinajstić information content (AvgIpc) is 2.39. The zero-order chi connectivity index (χ0) is 14.7. The van der Waals surface area contributed by atoms with Gasteiger partial charge in [0.1, 0.15) is 0 Å². The first-order valence-electron chi connectivity index (χ1n) is 6.20. The number of methoxy groups -OCH3 is 1. The summed E-state index contributed by atoms with van der Waals surface area (Å²) in [4.78, 5) is 10.9. The maximum Gasteiger partial charge on any atom is 0.306 e. The molecule has 0 rings (SSSR count). The Bertz CT molecular complexity index is 347. The minimum Gasteiger partial charge on any atom is -0.469 e. The van der Waals surface area contributed by atoms with E-state index >= 15 is 0 Å². The Balaban J connectivity index is 3.86. The molecule has 0 spiro atoms. The lowest BCUT2D eigenvalue weighted by molar-refractivity contribution is -0.140. The molecule has 0 bridgehead atoms. The van der Waals surface area contributed by atoms with Crippen molar-refractivity contribution in [3.8, 4) is 0 Å². The molecule has 0 fully saturated rings. The van der Waals surface area contributed by atoms with Crippen LogP contribution in [0.15, 0.2) is 0 Å². The number of esters is 1. The summed E-state index contributed by atoms with van der Waals surface area (Å²) in [6.07, 6.45) is 5.04. The second-order valence-electron chi connectivity index (χ2n) is 4.10. The fourth-order valence-corrected chi connectivity index (χ4v) is 2.78. The van der Waals surface area contributed by atoms with E-state index in [1.807, 2.05) is 0 Å². The topological polar surface area (TPSA) is 75.7 Å². The third-order valence-corrected chi connectivity index (χ3v) is 4.85. The second kappa shape index (κ2) is 10.5. The largest absolute Gasteiger partial charge is 0.469 e. The van der Waals surface area contributed by atoms with Crippen LogP contribution in [0.3, 0.4) is 0 Å². The first kappa shape index (κ1) is 18.7. The lowest BCUT2D eigenvalue weighted by Crippen LogP contribution is -2.39. The van der Waals surface area contributed by atoms with Crippen molar-refractivity contribution in [1.29, 1.82) is 0 Å². The molecule has 114 valence electrons. The standard InChI is InChI=1S/C11H24N2O4S2/c1-13(9-7-11(14)17-2)19(15,16)12-8-5-4-6-10-18-3/h12H,4-10H2,1-3H3. The third kappa shape index (κ3) is 9.26. The van der Waals surface area contributed by atoms with Crippen LogP contribution in [-0.4, -0.2) is 57.9 Å². The maximum atomic E-state index is 11.8. The lowest BCUT2D eigenvalue weighted by Gasteiger charge is -2.17. The van der Waals surface area contributed by atoms with Gasteiger partial charge in [0.15, 0.2) is 0 Å². The van der Waals surface area contributed by atoms with E-state index in [1.54, 1.807) is 11.8 Å². The average molecular weight is 312 g/mol. The van der Waals surface area contributed by atoms with E-state index in [2.05, 4.69) is 15.7 Å². The number of hydrogen-bond donors (Lipinski definition) is 1. The molecule has 0 aliphatic heterocycles. The zero-order valence-corrected chi connectivity index (χ0v) is 13.5. The summed E-state index contributed by atoms with van der Waals surface area (Å²) in [6.45, 7) is 0.549. The van der Waals surface area contributed by atoms with Gasteiger partial charge in [0.25, 0.3) is 10.2 Å². The summed E-state index contributed by atoms with van der Waals surface area (Å²) in [5.41, 5.74) is 0. The number of ether oxygens (including phenoxy) is 1. The van der Waals surface area contributed by atoms with Gasteiger partial charge < -0.3 is 4.74 Å². The predicted octanol–water partition coefficient (Wildman–Crippen LogP) is 0.849. The Labute approximate surface area is 120 Å². The quantitative estimate of drug-likeness (QED) is 0.452. The Kier molecular flexibility index (Phi) is 10.3. The number of unbranched alkanes of at least 4 members (excludes halogenated alkanes) is 2. The zero-order valence-electron chi connectivity index (χ0n) is 11.8. The summed E-state index contributed by atoms with van der Waals surface area (Å²) in [6, 6.07) is 0. The molecule has 0 aromatic heterocycles. The van der Waals surface area contributed by atoms with Crippen molar-refractivity contribution in [3.63, 3.8) is 0 Å². The molecule has 0 heterocycles. The molecule has 0 saturated carbocycles. The van der Waals surface area contributed by atoms with Crippen molar-refractivity contribution in [3.05, 3.63) is 0 Å². The van der Waals surface area contributed by atoms with Crippen molar-refractivity contribution in [2.45, 2.75) is 25.7 Å². The molecule has 19 heavy (non-hydrogen) atoms. The number of rotatable bonds is 11. The number of thioether (sulfide) groups is 1. The van der Waals surface area contributed by atoms with E-state index in [9.17, 15) is 13.2 Å². The summed E-state index contributed by atoms with van der Waals surface area (Å²) >= 11 is 1.79. The van der Waals surface area contributed by atoms with Crippen molar-refractivity contribution in [2.75, 3.05) is 39.3 Å². The number of nitrogens with one attached hydrogen (secondary N) is 1. The first-order valence-corrected chi connectivity index (χ1v) is 9.04. The van der Waals surface area contributed by atoms with Gasteiger partial charge in [0.2, 0.25) is 0 Å². The Morgan fingerprint density at radius 3 is 2.58 bits per heavy atom. The summed E-state index contributed by atoms with van der Waals surface area (Å²) in [7, 11) is -0.762. The number of hydrogen-bond acceptors (Lipinski definition) is 5. The smallest absolute Gasteiger partial charge is 0.306 e. The van der Waals surface area contributed by atoms with Gasteiger partial charge in [0.05, 0.1) is 13.5 Å². The molecular formula is C11H24N2O4S2. The monoisotopic (exact) mass is 312 g/mol. The van der Waals surface area contributed by atoms with E-state index < -0.39 is 16.2 Å². The van der Waals surface area contributed by atoms with Crippen LogP contribution in [0.25, 0.3) is 0 Å². The van der Waals surface area contributed by atoms with Crippen LogP contribution in [-0.2, 0) is 19.7 Å². The summed E-state index contributed by atoms with van der Waals surface area (Å²) in [5, 5.41) is 0. The molecule has 0 aromatic carbocycles. The van der Waals surface area contributed by atoms with Crippen molar-refractivity contribution < 1.29 is 17.9 Å². The second-order valence-corrected chi connectivity index (χ2v) is 6.95. The maximum absolute atomic E-state index is 11.8. The Hall–Kier alpha value is -0.310. The van der Waals surface area contributed by atoms with E-state index in [4.69, 9.17) is 0 Å². The first-order chi connectivity index (χ1) is 8.94. The molecule has 0 saturated heterocycles. The molecule has 0 radical (unpaired) electrons. The van der Waals surface area contributed by atoms with Gasteiger partial charge in [-0.15, -0.1) is 0 Å². The normalized spacial score (nSPS) is 11.8. The van der Waals surface area contributed by atoms with Crippen LogP contribution >= 0.6 is 11.8 Å². The van der Waals surface area contributed by atoms with Crippen molar-refractivity contribution in [2.24, 2.45) is 0 Å². The van der Waals surface area contributed by atoms with Crippen LogP contribution < -0.4 is 4.72 Å². The van der Waals surface area contributed by atoms with Gasteiger partial charge >= 0.3 is 5.97 Å². The number of nitrogens with zero attached hydrogens (tertiary/aromatic N) is 1. The summed E-state index contributed by atoms with van der Waals surface area (Å²) in [5.74, 6) is 0.685. The summed E-state index contributed by atoms with van der Waals surface area (Å²) < 4.78 is 31.7. The van der Waals surface area contributed by atoms with Crippen LogP contribution in [0.5, 0.6) is 0 Å². The minimum atomic E-state index is -3.49. The molecule has 8 heteroatoms. The van der Waals surface area contributed by atoms with Crippen molar-refractivity contribution >= 4 is 27.9 Å².